The van der Waals surface area contributed by atoms with Crippen molar-refractivity contribution in [3.8, 4) is 0 Å². The molecule has 0 radical (unpaired) electrons. The molecule has 1 atom stereocenters. The second kappa shape index (κ2) is 8.10. The molecule has 1 aromatic rings. The van der Waals surface area contributed by atoms with Crippen molar-refractivity contribution in [2.45, 2.75) is 40.2 Å². The van der Waals surface area contributed by atoms with Crippen LogP contribution >= 0.6 is 0 Å². The lowest BCUT2D eigenvalue weighted by atomic mass is 9.86. The van der Waals surface area contributed by atoms with Crippen molar-refractivity contribution in [1.29, 1.82) is 0 Å². The van der Waals surface area contributed by atoms with E-state index in [1.165, 1.54) is 0 Å². The maximum atomic E-state index is 12.5. The van der Waals surface area contributed by atoms with Gasteiger partial charge in [-0.25, -0.2) is 0 Å². The number of aryl methyl sites for hydroxylation is 1. The smallest absolute Gasteiger partial charge is 0.238 e. The molecule has 0 spiro atoms. The number of aliphatic hydroxyl groups excluding tert-OH is 1. The third-order valence-corrected chi connectivity index (χ3v) is 5.13. The minimum absolute atomic E-state index is 0.0164. The number of nitrogens with one attached hydrogen (secondary N) is 1. The number of rotatable bonds is 8. The van der Waals surface area contributed by atoms with Gasteiger partial charge in [0.2, 0.25) is 5.91 Å². The number of hydrogen-bond donors (Lipinski definition) is 2. The highest BCUT2D eigenvalue weighted by atomic mass is 16.5. The van der Waals surface area contributed by atoms with Crippen molar-refractivity contribution in [2.75, 3.05) is 38.2 Å². The summed E-state index contributed by atoms with van der Waals surface area (Å²) in [6.07, 6.45) is 0.957. The molecule has 134 valence electrons. The molecular formula is C19H30N2O3. The van der Waals surface area contributed by atoms with Crippen LogP contribution in [-0.2, 0) is 9.53 Å². The first-order valence-electron chi connectivity index (χ1n) is 8.69. The standard InChI is InChI=1S/C19H30N2O3/c1-5-15(3)21(10-19(11-22)12-24-13-19)9-18(23)20-17-8-6-7-14(2)16(17)4/h6-8,15,22H,5,9-13H2,1-4H3,(H,20,23). The van der Waals surface area contributed by atoms with Gasteiger partial charge in [-0.15, -0.1) is 0 Å². The highest BCUT2D eigenvalue weighted by molar-refractivity contribution is 5.93. The average Bonchev–Trinajstić information content (AvgIpc) is 2.53. The molecule has 2 rings (SSSR count). The number of carbonyl (C=O) groups is 1. The number of nitrogens with zero attached hydrogens (tertiary/aromatic N) is 1. The van der Waals surface area contributed by atoms with Crippen LogP contribution in [-0.4, -0.2) is 54.9 Å². The SMILES string of the molecule is CCC(C)N(CC(=O)Nc1cccc(C)c1C)CC1(CO)COC1. The number of aliphatic hydroxyl groups is 1. The van der Waals surface area contributed by atoms with E-state index in [1.54, 1.807) is 0 Å². The van der Waals surface area contributed by atoms with Crippen LogP contribution in [0.5, 0.6) is 0 Å². The molecule has 1 aliphatic heterocycles. The Labute approximate surface area is 145 Å². The summed E-state index contributed by atoms with van der Waals surface area (Å²) >= 11 is 0. The minimum Gasteiger partial charge on any atom is -0.396 e. The number of benzene rings is 1. The topological polar surface area (TPSA) is 61.8 Å². The molecule has 0 bridgehead atoms. The van der Waals surface area contributed by atoms with Gasteiger partial charge in [-0.05, 0) is 44.4 Å². The first-order chi connectivity index (χ1) is 11.4. The molecule has 1 heterocycles. The van der Waals surface area contributed by atoms with Crippen molar-refractivity contribution < 1.29 is 14.6 Å². The van der Waals surface area contributed by atoms with Crippen molar-refractivity contribution in [1.82, 2.24) is 4.90 Å². The summed E-state index contributed by atoms with van der Waals surface area (Å²) < 4.78 is 5.29. The molecule has 1 fully saturated rings. The fraction of sp³-hybridized carbons (Fsp3) is 0.632. The highest BCUT2D eigenvalue weighted by Gasteiger charge is 2.40. The maximum absolute atomic E-state index is 12.5. The van der Waals surface area contributed by atoms with Gasteiger partial charge in [0.05, 0.1) is 31.8 Å². The third-order valence-electron chi connectivity index (χ3n) is 5.13. The average molecular weight is 334 g/mol. The maximum Gasteiger partial charge on any atom is 0.238 e. The van der Waals surface area contributed by atoms with Gasteiger partial charge in [-0.3, -0.25) is 9.69 Å². The molecule has 0 saturated carbocycles. The fourth-order valence-electron chi connectivity index (χ4n) is 2.94. The molecule has 24 heavy (non-hydrogen) atoms. The molecule has 0 aromatic heterocycles. The fourth-order valence-corrected chi connectivity index (χ4v) is 2.94. The second-order valence-electron chi connectivity index (χ2n) is 7.11. The van der Waals surface area contributed by atoms with Gasteiger partial charge in [-0.2, -0.15) is 0 Å². The van der Waals surface area contributed by atoms with Crippen LogP contribution in [0.3, 0.4) is 0 Å². The van der Waals surface area contributed by atoms with Gasteiger partial charge in [0, 0.05) is 18.3 Å². The van der Waals surface area contributed by atoms with Crippen molar-refractivity contribution in [3.05, 3.63) is 29.3 Å². The van der Waals surface area contributed by atoms with E-state index in [9.17, 15) is 9.90 Å². The Bertz CT molecular complexity index is 564. The molecule has 1 saturated heterocycles. The Balaban J connectivity index is 2.03. The molecule has 1 aromatic carbocycles. The molecule has 1 aliphatic rings. The molecule has 1 amide bonds. The monoisotopic (exact) mass is 334 g/mol. The van der Waals surface area contributed by atoms with E-state index in [-0.39, 0.29) is 24.0 Å². The summed E-state index contributed by atoms with van der Waals surface area (Å²) in [5.41, 5.74) is 2.91. The predicted molar refractivity (Wildman–Crippen MR) is 96.2 cm³/mol. The third kappa shape index (κ3) is 4.35. The number of anilines is 1. The number of ether oxygens (including phenoxy) is 1. The van der Waals surface area contributed by atoms with Gasteiger partial charge in [0.25, 0.3) is 0 Å². The zero-order chi connectivity index (χ0) is 17.7. The first-order valence-corrected chi connectivity index (χ1v) is 8.69. The van der Waals surface area contributed by atoms with Crippen LogP contribution in [0.4, 0.5) is 5.69 Å². The summed E-state index contributed by atoms with van der Waals surface area (Å²) in [6.45, 7) is 10.5. The van der Waals surface area contributed by atoms with E-state index in [0.29, 0.717) is 26.3 Å². The van der Waals surface area contributed by atoms with Crippen LogP contribution in [0.1, 0.15) is 31.4 Å². The van der Waals surface area contributed by atoms with E-state index in [2.05, 4.69) is 24.1 Å². The van der Waals surface area contributed by atoms with Gasteiger partial charge >= 0.3 is 0 Å². The van der Waals surface area contributed by atoms with E-state index in [0.717, 1.165) is 23.2 Å². The Hall–Kier alpha value is -1.43. The van der Waals surface area contributed by atoms with Crippen LogP contribution < -0.4 is 5.32 Å². The normalized spacial score (nSPS) is 17.4. The first kappa shape index (κ1) is 18.9. The Morgan fingerprint density at radius 1 is 1.42 bits per heavy atom. The molecule has 1 unspecified atom stereocenters. The molecule has 2 N–H and O–H groups in total. The van der Waals surface area contributed by atoms with Gasteiger partial charge in [0.1, 0.15) is 0 Å². The summed E-state index contributed by atoms with van der Waals surface area (Å²) in [7, 11) is 0. The Morgan fingerprint density at radius 2 is 2.12 bits per heavy atom. The van der Waals surface area contributed by atoms with Crippen molar-refractivity contribution >= 4 is 11.6 Å². The number of carbonyl (C=O) groups excluding carboxylic acids is 1. The van der Waals surface area contributed by atoms with Gasteiger partial charge in [0.15, 0.2) is 0 Å². The minimum atomic E-state index is -0.219. The van der Waals surface area contributed by atoms with Gasteiger partial charge < -0.3 is 15.2 Å². The molecule has 0 aliphatic carbocycles. The predicted octanol–water partition coefficient (Wildman–Crippen LogP) is 2.35. The largest absolute Gasteiger partial charge is 0.396 e. The number of hydrogen-bond acceptors (Lipinski definition) is 4. The summed E-state index contributed by atoms with van der Waals surface area (Å²) in [6, 6.07) is 6.20. The van der Waals surface area contributed by atoms with E-state index in [4.69, 9.17) is 4.74 Å². The van der Waals surface area contributed by atoms with E-state index < -0.39 is 0 Å². The van der Waals surface area contributed by atoms with Gasteiger partial charge in [-0.1, -0.05) is 19.1 Å². The lowest BCUT2D eigenvalue weighted by molar-refractivity contribution is -0.153. The lowest BCUT2D eigenvalue weighted by Crippen LogP contribution is -2.56. The molecular weight excluding hydrogens is 304 g/mol. The summed E-state index contributed by atoms with van der Waals surface area (Å²) in [4.78, 5) is 14.7. The van der Waals surface area contributed by atoms with Crippen molar-refractivity contribution in [3.63, 3.8) is 0 Å². The summed E-state index contributed by atoms with van der Waals surface area (Å²) in [5.74, 6) is -0.0164. The van der Waals surface area contributed by atoms with Crippen LogP contribution in [0.2, 0.25) is 0 Å². The van der Waals surface area contributed by atoms with Crippen LogP contribution in [0, 0.1) is 19.3 Å². The molecule has 5 heteroatoms. The zero-order valence-electron chi connectivity index (χ0n) is 15.3. The lowest BCUT2D eigenvalue weighted by Gasteiger charge is -2.44. The van der Waals surface area contributed by atoms with E-state index in [1.807, 2.05) is 32.0 Å². The van der Waals surface area contributed by atoms with Crippen LogP contribution in [0.15, 0.2) is 18.2 Å². The quantitative estimate of drug-likeness (QED) is 0.766. The van der Waals surface area contributed by atoms with Crippen LogP contribution in [0.25, 0.3) is 0 Å². The zero-order valence-corrected chi connectivity index (χ0v) is 15.3. The highest BCUT2D eigenvalue weighted by Crippen LogP contribution is 2.29. The molecule has 5 nitrogen and oxygen atoms in total. The van der Waals surface area contributed by atoms with E-state index >= 15 is 0 Å². The Kier molecular flexibility index (Phi) is 6.38. The summed E-state index contributed by atoms with van der Waals surface area (Å²) in [5, 5.41) is 12.7. The van der Waals surface area contributed by atoms with Crippen molar-refractivity contribution in [2.24, 2.45) is 5.41 Å². The number of amides is 1. The second-order valence-corrected chi connectivity index (χ2v) is 7.11. The Morgan fingerprint density at radius 3 is 2.67 bits per heavy atom.